The predicted molar refractivity (Wildman–Crippen MR) is 113 cm³/mol. The van der Waals surface area contributed by atoms with Crippen LogP contribution in [0.1, 0.15) is 5.56 Å². The fraction of sp³-hybridized carbons (Fsp3) is 0.100. The number of nitrogens with zero attached hydrogens (tertiary/aromatic N) is 1. The molecule has 2 heterocycles. The van der Waals surface area contributed by atoms with Gasteiger partial charge >= 0.3 is 0 Å². The van der Waals surface area contributed by atoms with E-state index in [0.717, 1.165) is 31.4 Å². The summed E-state index contributed by atoms with van der Waals surface area (Å²) in [7, 11) is 0. The van der Waals surface area contributed by atoms with E-state index in [2.05, 4.69) is 11.4 Å². The Balaban J connectivity index is 1.52. The summed E-state index contributed by atoms with van der Waals surface area (Å²) >= 11 is 4.87. The number of thiazole rings is 1. The van der Waals surface area contributed by atoms with Gasteiger partial charge in [0.05, 0.1) is 16.6 Å². The molecular weight excluding hydrogens is 380 g/mol. The van der Waals surface area contributed by atoms with Crippen LogP contribution < -0.4 is 5.32 Å². The summed E-state index contributed by atoms with van der Waals surface area (Å²) in [6.07, 6.45) is 2.41. The minimum Gasteiger partial charge on any atom is -0.317 e. The van der Waals surface area contributed by atoms with Crippen LogP contribution in [-0.2, 0) is 11.2 Å². The third kappa shape index (κ3) is 3.67. The SMILES string of the molecule is CSc1ccc(CC(=O)Nc2sccc2-c2nc3ccccc3s2)cc1. The maximum absolute atomic E-state index is 12.5. The third-order valence-corrected chi connectivity index (χ3v) is 6.61. The maximum atomic E-state index is 12.5. The quantitative estimate of drug-likeness (QED) is 0.425. The molecule has 130 valence electrons. The molecule has 4 rings (SSSR count). The molecule has 0 spiro atoms. The molecule has 2 aromatic carbocycles. The molecule has 0 atom stereocenters. The molecule has 0 aliphatic heterocycles. The molecule has 4 aromatic rings. The number of rotatable bonds is 5. The Labute approximate surface area is 164 Å². The standard InChI is InChI=1S/C20H16N2OS3/c1-24-14-8-6-13(7-9-14)12-18(23)22-19-15(10-11-25-19)20-21-16-4-2-3-5-17(16)26-20/h2-11H,12H2,1H3,(H,22,23). The molecule has 6 heteroatoms. The first-order valence-electron chi connectivity index (χ1n) is 8.09. The average molecular weight is 397 g/mol. The average Bonchev–Trinajstić information content (AvgIpc) is 3.28. The first kappa shape index (κ1) is 17.3. The summed E-state index contributed by atoms with van der Waals surface area (Å²) in [5, 5.41) is 6.84. The summed E-state index contributed by atoms with van der Waals surface area (Å²) in [6, 6.07) is 18.2. The summed E-state index contributed by atoms with van der Waals surface area (Å²) < 4.78 is 1.15. The van der Waals surface area contributed by atoms with Crippen LogP contribution in [0.25, 0.3) is 20.8 Å². The lowest BCUT2D eigenvalue weighted by atomic mass is 10.1. The minimum atomic E-state index is -0.00767. The molecule has 0 fully saturated rings. The zero-order valence-corrected chi connectivity index (χ0v) is 16.5. The van der Waals surface area contributed by atoms with E-state index in [4.69, 9.17) is 4.98 Å². The summed E-state index contributed by atoms with van der Waals surface area (Å²) in [5.74, 6) is -0.00767. The van der Waals surface area contributed by atoms with Gasteiger partial charge in [0.2, 0.25) is 5.91 Å². The van der Waals surface area contributed by atoms with Crippen molar-refractivity contribution < 1.29 is 4.79 Å². The van der Waals surface area contributed by atoms with E-state index >= 15 is 0 Å². The fourth-order valence-electron chi connectivity index (χ4n) is 2.66. The van der Waals surface area contributed by atoms with Crippen LogP contribution in [0.3, 0.4) is 0 Å². The molecule has 0 saturated carbocycles. The number of amides is 1. The van der Waals surface area contributed by atoms with Crippen LogP contribution in [0.4, 0.5) is 5.00 Å². The van der Waals surface area contributed by atoms with E-state index in [0.29, 0.717) is 6.42 Å². The second-order valence-corrected chi connectivity index (χ2v) is 8.55. The number of carbonyl (C=O) groups is 1. The van der Waals surface area contributed by atoms with E-state index in [-0.39, 0.29) is 5.91 Å². The lowest BCUT2D eigenvalue weighted by Crippen LogP contribution is -2.13. The van der Waals surface area contributed by atoms with Gasteiger partial charge in [-0.2, -0.15) is 0 Å². The van der Waals surface area contributed by atoms with Gasteiger partial charge in [-0.3, -0.25) is 4.79 Å². The number of thioether (sulfide) groups is 1. The van der Waals surface area contributed by atoms with Crippen LogP contribution in [0.2, 0.25) is 0 Å². The van der Waals surface area contributed by atoms with Gasteiger partial charge in [-0.25, -0.2) is 4.98 Å². The highest BCUT2D eigenvalue weighted by Crippen LogP contribution is 2.37. The van der Waals surface area contributed by atoms with Gasteiger partial charge in [-0.15, -0.1) is 34.4 Å². The Kier molecular flexibility index (Phi) is 5.06. The largest absolute Gasteiger partial charge is 0.317 e. The molecule has 0 bridgehead atoms. The highest BCUT2D eigenvalue weighted by Gasteiger charge is 2.14. The monoisotopic (exact) mass is 396 g/mol. The summed E-state index contributed by atoms with van der Waals surface area (Å²) in [6.45, 7) is 0. The highest BCUT2D eigenvalue weighted by atomic mass is 32.2. The molecule has 1 amide bonds. The molecule has 0 aliphatic carbocycles. The Morgan fingerprint density at radius 3 is 2.69 bits per heavy atom. The van der Waals surface area contributed by atoms with Gasteiger partial charge in [0.25, 0.3) is 0 Å². The summed E-state index contributed by atoms with van der Waals surface area (Å²) in [5.41, 5.74) is 2.99. The van der Waals surface area contributed by atoms with Gasteiger partial charge in [0.1, 0.15) is 10.0 Å². The van der Waals surface area contributed by atoms with E-state index in [1.165, 1.54) is 16.2 Å². The molecule has 0 saturated heterocycles. The minimum absolute atomic E-state index is 0.00767. The number of hydrogen-bond donors (Lipinski definition) is 1. The Hall–Kier alpha value is -2.15. The summed E-state index contributed by atoms with van der Waals surface area (Å²) in [4.78, 5) is 18.4. The number of carbonyl (C=O) groups excluding carboxylic acids is 1. The molecule has 26 heavy (non-hydrogen) atoms. The zero-order valence-electron chi connectivity index (χ0n) is 14.1. The van der Waals surface area contributed by atoms with Crippen LogP contribution in [0, 0.1) is 0 Å². The van der Waals surface area contributed by atoms with Crippen molar-refractivity contribution in [2.75, 3.05) is 11.6 Å². The van der Waals surface area contributed by atoms with E-state index in [1.807, 2.05) is 60.2 Å². The lowest BCUT2D eigenvalue weighted by Gasteiger charge is -2.06. The van der Waals surface area contributed by atoms with Gasteiger partial charge < -0.3 is 5.32 Å². The highest BCUT2D eigenvalue weighted by molar-refractivity contribution is 7.98. The third-order valence-electron chi connectivity index (χ3n) is 3.97. The molecule has 2 aromatic heterocycles. The Morgan fingerprint density at radius 1 is 1.12 bits per heavy atom. The number of para-hydroxylation sites is 1. The number of benzene rings is 2. The molecular formula is C20H16N2OS3. The van der Waals surface area contributed by atoms with Crippen LogP contribution in [0.15, 0.2) is 64.9 Å². The number of fused-ring (bicyclic) bond motifs is 1. The fourth-order valence-corrected chi connectivity index (χ4v) is 4.94. The van der Waals surface area contributed by atoms with E-state index in [9.17, 15) is 4.79 Å². The van der Waals surface area contributed by atoms with E-state index in [1.54, 1.807) is 23.1 Å². The maximum Gasteiger partial charge on any atom is 0.229 e. The van der Waals surface area contributed by atoms with Crippen molar-refractivity contribution in [3.63, 3.8) is 0 Å². The first-order chi connectivity index (χ1) is 12.7. The number of nitrogens with one attached hydrogen (secondary N) is 1. The van der Waals surface area contributed by atoms with Gasteiger partial charge in [0.15, 0.2) is 0 Å². The Bertz CT molecular complexity index is 1020. The number of hydrogen-bond acceptors (Lipinski definition) is 5. The Morgan fingerprint density at radius 2 is 1.92 bits per heavy atom. The molecule has 0 radical (unpaired) electrons. The zero-order chi connectivity index (χ0) is 17.9. The second-order valence-electron chi connectivity index (χ2n) is 5.72. The first-order valence-corrected chi connectivity index (χ1v) is 11.0. The van der Waals surface area contributed by atoms with E-state index < -0.39 is 0 Å². The van der Waals surface area contributed by atoms with Crippen molar-refractivity contribution in [2.24, 2.45) is 0 Å². The smallest absolute Gasteiger partial charge is 0.229 e. The van der Waals surface area contributed by atoms with Gasteiger partial charge in [-0.1, -0.05) is 24.3 Å². The number of anilines is 1. The molecule has 0 unspecified atom stereocenters. The van der Waals surface area contributed by atoms with Gasteiger partial charge in [-0.05, 0) is 47.5 Å². The second kappa shape index (κ2) is 7.61. The molecule has 3 nitrogen and oxygen atoms in total. The number of aromatic nitrogens is 1. The van der Waals surface area contributed by atoms with Crippen LogP contribution in [-0.4, -0.2) is 17.1 Å². The number of thiophene rings is 1. The van der Waals surface area contributed by atoms with Crippen LogP contribution in [0.5, 0.6) is 0 Å². The van der Waals surface area contributed by atoms with Crippen LogP contribution >= 0.6 is 34.4 Å². The van der Waals surface area contributed by atoms with Gasteiger partial charge in [0, 0.05) is 10.5 Å². The van der Waals surface area contributed by atoms with Crippen molar-refractivity contribution in [2.45, 2.75) is 11.3 Å². The molecule has 1 N–H and O–H groups in total. The normalized spacial score (nSPS) is 11.0. The van der Waals surface area contributed by atoms with Crippen molar-refractivity contribution >= 4 is 55.6 Å². The lowest BCUT2D eigenvalue weighted by molar-refractivity contribution is -0.115. The van der Waals surface area contributed by atoms with Crippen molar-refractivity contribution in [3.05, 3.63) is 65.5 Å². The topological polar surface area (TPSA) is 42.0 Å². The van der Waals surface area contributed by atoms with Crippen molar-refractivity contribution in [1.29, 1.82) is 0 Å². The van der Waals surface area contributed by atoms with Crippen molar-refractivity contribution in [3.8, 4) is 10.6 Å². The molecule has 0 aliphatic rings. The van der Waals surface area contributed by atoms with Crippen molar-refractivity contribution in [1.82, 2.24) is 4.98 Å². The predicted octanol–water partition coefficient (Wildman–Crippen LogP) is 5.93.